The van der Waals surface area contributed by atoms with Crippen LogP contribution in [0.15, 0.2) is 78.4 Å². The molecule has 0 bridgehead atoms. The van der Waals surface area contributed by atoms with E-state index in [4.69, 9.17) is 9.47 Å². The zero-order valence-electron chi connectivity index (χ0n) is 18.4. The van der Waals surface area contributed by atoms with E-state index in [9.17, 15) is 24.8 Å². The second kappa shape index (κ2) is 8.94. The predicted molar refractivity (Wildman–Crippen MR) is 125 cm³/mol. The summed E-state index contributed by atoms with van der Waals surface area (Å²) in [4.78, 5) is 38.5. The summed E-state index contributed by atoms with van der Waals surface area (Å²) in [5, 5.41) is 22.7. The maximum Gasteiger partial charge on any atom is 0.295 e. The third-order valence-corrected chi connectivity index (χ3v) is 5.95. The molecule has 1 saturated heterocycles. The number of aliphatic hydroxyl groups excluding tert-OH is 1. The van der Waals surface area contributed by atoms with Crippen LogP contribution in [0.1, 0.15) is 22.7 Å². The fraction of sp³-hybridized carbons (Fsp3) is 0.154. The number of non-ortho nitro benzene ring substituents is 1. The largest absolute Gasteiger partial charge is 0.507 e. The third kappa shape index (κ3) is 4.08. The first-order chi connectivity index (χ1) is 16.9. The van der Waals surface area contributed by atoms with Crippen molar-refractivity contribution in [3.05, 3.63) is 105 Å². The van der Waals surface area contributed by atoms with Crippen molar-refractivity contribution >= 4 is 23.1 Å². The van der Waals surface area contributed by atoms with Crippen molar-refractivity contribution < 1.29 is 29.1 Å². The summed E-state index contributed by atoms with van der Waals surface area (Å²) in [5.74, 6) is -1.15. The Morgan fingerprint density at radius 2 is 1.71 bits per heavy atom. The van der Waals surface area contributed by atoms with Crippen LogP contribution in [-0.2, 0) is 16.1 Å². The number of likely N-dealkylation sites (tertiary alicyclic amines) is 1. The Balaban J connectivity index is 1.65. The minimum absolute atomic E-state index is 0.0801. The SMILES string of the molecule is O=C1C(=O)N(Cc2ccccc2)[C@H](c2cccc([N+](=O)[O-])c2)C1=C(O)c1ccc2c(c1)OCCO2. The van der Waals surface area contributed by atoms with Crippen molar-refractivity contribution in [2.45, 2.75) is 12.6 Å². The van der Waals surface area contributed by atoms with Crippen molar-refractivity contribution in [2.24, 2.45) is 0 Å². The van der Waals surface area contributed by atoms with Gasteiger partial charge in [0, 0.05) is 24.2 Å². The molecule has 2 aliphatic rings. The standard InChI is InChI=1S/C26H20N2O7/c29-24(18-9-10-20-21(14-18)35-12-11-34-20)22-23(17-7-4-8-19(13-17)28(32)33)27(26(31)25(22)30)15-16-5-2-1-3-6-16/h1-10,13-14,23,29H,11-12,15H2/t23-/m1/s1. The summed E-state index contributed by atoms with van der Waals surface area (Å²) in [6.07, 6.45) is 0. The molecule has 2 heterocycles. The molecule has 0 saturated carbocycles. The first-order valence-electron chi connectivity index (χ1n) is 10.9. The minimum Gasteiger partial charge on any atom is -0.507 e. The fourth-order valence-electron chi connectivity index (χ4n) is 4.32. The molecule has 0 aromatic heterocycles. The number of benzene rings is 3. The van der Waals surface area contributed by atoms with Gasteiger partial charge in [-0.05, 0) is 29.3 Å². The molecule has 1 N–H and O–H groups in total. The number of carbonyl (C=O) groups excluding carboxylic acids is 2. The molecule has 1 fully saturated rings. The van der Waals surface area contributed by atoms with Gasteiger partial charge in [0.05, 0.1) is 16.5 Å². The van der Waals surface area contributed by atoms with Crippen molar-refractivity contribution in [3.63, 3.8) is 0 Å². The summed E-state index contributed by atoms with van der Waals surface area (Å²) >= 11 is 0. The number of rotatable bonds is 5. The van der Waals surface area contributed by atoms with Crippen LogP contribution in [0.5, 0.6) is 11.5 Å². The van der Waals surface area contributed by atoms with Crippen LogP contribution in [0.4, 0.5) is 5.69 Å². The van der Waals surface area contributed by atoms with E-state index in [1.165, 1.54) is 23.1 Å². The van der Waals surface area contributed by atoms with E-state index in [2.05, 4.69) is 0 Å². The Morgan fingerprint density at radius 3 is 2.46 bits per heavy atom. The second-order valence-corrected chi connectivity index (χ2v) is 8.12. The molecule has 2 aliphatic heterocycles. The summed E-state index contributed by atoms with van der Waals surface area (Å²) < 4.78 is 11.1. The number of ketones is 1. The van der Waals surface area contributed by atoms with Gasteiger partial charge < -0.3 is 19.5 Å². The Hall–Kier alpha value is -4.66. The molecule has 0 spiro atoms. The molecule has 35 heavy (non-hydrogen) atoms. The van der Waals surface area contributed by atoms with Gasteiger partial charge in [-0.15, -0.1) is 0 Å². The normalized spacial score (nSPS) is 18.5. The molecule has 5 rings (SSSR count). The molecule has 1 atom stereocenters. The number of carbonyl (C=O) groups is 2. The second-order valence-electron chi connectivity index (χ2n) is 8.12. The smallest absolute Gasteiger partial charge is 0.295 e. The van der Waals surface area contributed by atoms with Crippen molar-refractivity contribution in [2.75, 3.05) is 13.2 Å². The highest BCUT2D eigenvalue weighted by atomic mass is 16.6. The molecule has 176 valence electrons. The number of nitro benzene ring substituents is 1. The highest BCUT2D eigenvalue weighted by Crippen LogP contribution is 2.42. The Kier molecular flexibility index (Phi) is 5.66. The van der Waals surface area contributed by atoms with Gasteiger partial charge in [-0.1, -0.05) is 42.5 Å². The number of hydrogen-bond acceptors (Lipinski definition) is 7. The lowest BCUT2D eigenvalue weighted by Gasteiger charge is -2.25. The van der Waals surface area contributed by atoms with Crippen molar-refractivity contribution in [1.82, 2.24) is 4.90 Å². The van der Waals surface area contributed by atoms with Crippen LogP contribution in [0.25, 0.3) is 5.76 Å². The Morgan fingerprint density at radius 1 is 0.971 bits per heavy atom. The van der Waals surface area contributed by atoms with Crippen LogP contribution in [0.3, 0.4) is 0 Å². The first-order valence-corrected chi connectivity index (χ1v) is 10.9. The number of nitrogens with zero attached hydrogens (tertiary/aromatic N) is 2. The molecule has 0 unspecified atom stereocenters. The molecule has 0 aliphatic carbocycles. The molecule has 3 aromatic rings. The lowest BCUT2D eigenvalue weighted by atomic mass is 9.94. The van der Waals surface area contributed by atoms with E-state index in [1.54, 1.807) is 24.3 Å². The molecular formula is C26H20N2O7. The molecular weight excluding hydrogens is 452 g/mol. The van der Waals surface area contributed by atoms with Crippen LogP contribution in [0.2, 0.25) is 0 Å². The van der Waals surface area contributed by atoms with Gasteiger partial charge in [0.15, 0.2) is 11.5 Å². The number of nitro groups is 1. The minimum atomic E-state index is -1.02. The van der Waals surface area contributed by atoms with Gasteiger partial charge in [-0.3, -0.25) is 19.7 Å². The lowest BCUT2D eigenvalue weighted by Crippen LogP contribution is -2.29. The van der Waals surface area contributed by atoms with E-state index < -0.39 is 28.4 Å². The average Bonchev–Trinajstić information content (AvgIpc) is 3.13. The molecule has 0 radical (unpaired) electrons. The van der Waals surface area contributed by atoms with Crippen LogP contribution < -0.4 is 9.47 Å². The fourth-order valence-corrected chi connectivity index (χ4v) is 4.32. The summed E-state index contributed by atoms with van der Waals surface area (Å²) in [5.41, 5.74) is 1.04. The highest BCUT2D eigenvalue weighted by molar-refractivity contribution is 6.46. The Bertz CT molecular complexity index is 1370. The number of ether oxygens (including phenoxy) is 2. The summed E-state index contributed by atoms with van der Waals surface area (Å²) in [6, 6.07) is 18.5. The lowest BCUT2D eigenvalue weighted by molar-refractivity contribution is -0.384. The summed E-state index contributed by atoms with van der Waals surface area (Å²) in [6.45, 7) is 0.818. The summed E-state index contributed by atoms with van der Waals surface area (Å²) in [7, 11) is 0. The van der Waals surface area contributed by atoms with E-state index >= 15 is 0 Å². The van der Waals surface area contributed by atoms with Gasteiger partial charge in [0.1, 0.15) is 19.0 Å². The molecule has 3 aromatic carbocycles. The topological polar surface area (TPSA) is 119 Å². The quantitative estimate of drug-likeness (QED) is 0.196. The molecule has 9 heteroatoms. The predicted octanol–water partition coefficient (Wildman–Crippen LogP) is 3.99. The number of Topliss-reactive ketones (excluding diaryl/α,β-unsaturated/α-hetero) is 1. The van der Waals surface area contributed by atoms with E-state index in [0.29, 0.717) is 30.3 Å². The third-order valence-electron chi connectivity index (χ3n) is 5.95. The van der Waals surface area contributed by atoms with Gasteiger partial charge in [0.25, 0.3) is 17.4 Å². The van der Waals surface area contributed by atoms with Crippen LogP contribution >= 0.6 is 0 Å². The number of hydrogen-bond donors (Lipinski definition) is 1. The number of aliphatic hydroxyl groups is 1. The maximum atomic E-state index is 13.2. The number of amides is 1. The van der Waals surface area contributed by atoms with Crippen LogP contribution in [0, 0.1) is 10.1 Å². The van der Waals surface area contributed by atoms with Crippen molar-refractivity contribution in [1.29, 1.82) is 0 Å². The molecule has 1 amide bonds. The van der Waals surface area contributed by atoms with Gasteiger partial charge in [-0.2, -0.15) is 0 Å². The van der Waals surface area contributed by atoms with Crippen LogP contribution in [-0.4, -0.2) is 39.8 Å². The van der Waals surface area contributed by atoms with E-state index in [-0.39, 0.29) is 23.4 Å². The highest BCUT2D eigenvalue weighted by Gasteiger charge is 2.46. The number of fused-ring (bicyclic) bond motifs is 1. The zero-order chi connectivity index (χ0) is 24.5. The van der Waals surface area contributed by atoms with E-state index in [1.807, 2.05) is 30.3 Å². The monoisotopic (exact) mass is 472 g/mol. The van der Waals surface area contributed by atoms with Gasteiger partial charge >= 0.3 is 0 Å². The van der Waals surface area contributed by atoms with E-state index in [0.717, 1.165) is 5.56 Å². The van der Waals surface area contributed by atoms with Crippen molar-refractivity contribution in [3.8, 4) is 11.5 Å². The first kappa shape index (κ1) is 22.1. The zero-order valence-corrected chi connectivity index (χ0v) is 18.4. The Labute approximate surface area is 200 Å². The molecule has 9 nitrogen and oxygen atoms in total. The maximum absolute atomic E-state index is 13.2. The van der Waals surface area contributed by atoms with Gasteiger partial charge in [-0.25, -0.2) is 0 Å². The van der Waals surface area contributed by atoms with Gasteiger partial charge in [0.2, 0.25) is 0 Å². The average molecular weight is 472 g/mol.